The molecule has 2 amide bonds. The molecule has 3 heterocycles. The van der Waals surface area contributed by atoms with Gasteiger partial charge in [0, 0.05) is 52.4 Å². The van der Waals surface area contributed by atoms with Crippen LogP contribution >= 0.6 is 0 Å². The fraction of sp³-hybridized carbons (Fsp3) is 0.455. The SMILES string of the molecule is Cc1ccc(C(=O)N2CCN(CC(=O)N3CCN(c4ccccc4F)CC3)CC2)o1. The minimum absolute atomic E-state index is 0.0876. The lowest BCUT2D eigenvalue weighted by molar-refractivity contribution is -0.133. The van der Waals surface area contributed by atoms with Crippen LogP contribution in [0.25, 0.3) is 0 Å². The van der Waals surface area contributed by atoms with Gasteiger partial charge >= 0.3 is 0 Å². The molecular weight excluding hydrogens is 387 g/mol. The third-order valence-electron chi connectivity index (χ3n) is 5.80. The van der Waals surface area contributed by atoms with Gasteiger partial charge in [0.05, 0.1) is 12.2 Å². The van der Waals surface area contributed by atoms with Gasteiger partial charge in [0.2, 0.25) is 5.91 Å². The number of anilines is 1. The first-order valence-electron chi connectivity index (χ1n) is 10.4. The molecule has 160 valence electrons. The summed E-state index contributed by atoms with van der Waals surface area (Å²) in [6, 6.07) is 10.2. The number of benzene rings is 1. The van der Waals surface area contributed by atoms with E-state index in [9.17, 15) is 14.0 Å². The largest absolute Gasteiger partial charge is 0.456 e. The Morgan fingerprint density at radius 1 is 0.900 bits per heavy atom. The van der Waals surface area contributed by atoms with Crippen molar-refractivity contribution in [1.29, 1.82) is 0 Å². The first-order valence-corrected chi connectivity index (χ1v) is 10.4. The second-order valence-corrected chi connectivity index (χ2v) is 7.80. The van der Waals surface area contributed by atoms with Crippen LogP contribution in [0.4, 0.5) is 10.1 Å². The Morgan fingerprint density at radius 2 is 1.57 bits per heavy atom. The van der Waals surface area contributed by atoms with Crippen LogP contribution in [0.1, 0.15) is 16.3 Å². The van der Waals surface area contributed by atoms with Gasteiger partial charge in [-0.25, -0.2) is 4.39 Å². The van der Waals surface area contributed by atoms with Gasteiger partial charge in [0.1, 0.15) is 11.6 Å². The number of halogens is 1. The van der Waals surface area contributed by atoms with Crippen LogP contribution in [0.5, 0.6) is 0 Å². The third-order valence-corrected chi connectivity index (χ3v) is 5.80. The summed E-state index contributed by atoms with van der Waals surface area (Å²) < 4.78 is 19.4. The van der Waals surface area contributed by atoms with Crippen molar-refractivity contribution in [1.82, 2.24) is 14.7 Å². The number of hydrogen-bond acceptors (Lipinski definition) is 5. The molecule has 30 heavy (non-hydrogen) atoms. The molecule has 0 N–H and O–H groups in total. The zero-order valence-electron chi connectivity index (χ0n) is 17.2. The van der Waals surface area contributed by atoms with E-state index in [0.717, 1.165) is 5.76 Å². The summed E-state index contributed by atoms with van der Waals surface area (Å²) in [4.78, 5) is 32.9. The van der Waals surface area contributed by atoms with Crippen LogP contribution in [0.3, 0.4) is 0 Å². The van der Waals surface area contributed by atoms with E-state index in [2.05, 4.69) is 4.90 Å². The maximum absolute atomic E-state index is 14.0. The second-order valence-electron chi connectivity index (χ2n) is 7.80. The van der Waals surface area contributed by atoms with Crippen molar-refractivity contribution in [2.75, 3.05) is 63.8 Å². The van der Waals surface area contributed by atoms with Crippen molar-refractivity contribution >= 4 is 17.5 Å². The molecule has 7 nitrogen and oxygen atoms in total. The number of carbonyl (C=O) groups is 2. The lowest BCUT2D eigenvalue weighted by atomic mass is 10.2. The standard InChI is InChI=1S/C22H27FN4O3/c1-17-6-7-20(30-17)22(29)27-10-8-24(9-11-27)16-21(28)26-14-12-25(13-15-26)19-5-3-2-4-18(19)23/h2-7H,8-16H2,1H3. The molecule has 0 spiro atoms. The zero-order valence-corrected chi connectivity index (χ0v) is 17.2. The van der Waals surface area contributed by atoms with Gasteiger partial charge in [-0.3, -0.25) is 14.5 Å². The van der Waals surface area contributed by atoms with E-state index in [0.29, 0.717) is 70.4 Å². The highest BCUT2D eigenvalue weighted by Crippen LogP contribution is 2.20. The van der Waals surface area contributed by atoms with E-state index in [1.165, 1.54) is 6.07 Å². The number of hydrogen-bond donors (Lipinski definition) is 0. The maximum atomic E-state index is 14.0. The highest BCUT2D eigenvalue weighted by molar-refractivity contribution is 5.91. The zero-order chi connectivity index (χ0) is 21.1. The highest BCUT2D eigenvalue weighted by atomic mass is 19.1. The topological polar surface area (TPSA) is 60.2 Å². The van der Waals surface area contributed by atoms with E-state index >= 15 is 0 Å². The Bertz CT molecular complexity index is 899. The maximum Gasteiger partial charge on any atom is 0.289 e. The van der Waals surface area contributed by atoms with Gasteiger partial charge in [-0.2, -0.15) is 0 Å². The molecule has 4 rings (SSSR count). The summed E-state index contributed by atoms with van der Waals surface area (Å²) >= 11 is 0. The number of nitrogens with zero attached hydrogens (tertiary/aromatic N) is 4. The molecule has 0 unspecified atom stereocenters. The van der Waals surface area contributed by atoms with Gasteiger partial charge in [0.25, 0.3) is 5.91 Å². The summed E-state index contributed by atoms with van der Waals surface area (Å²) in [6.07, 6.45) is 0. The van der Waals surface area contributed by atoms with Crippen LogP contribution in [0.15, 0.2) is 40.8 Å². The van der Waals surface area contributed by atoms with Crippen LogP contribution in [-0.2, 0) is 4.79 Å². The monoisotopic (exact) mass is 414 g/mol. The molecule has 0 atom stereocenters. The smallest absolute Gasteiger partial charge is 0.289 e. The Labute approximate surface area is 175 Å². The second kappa shape index (κ2) is 8.87. The summed E-state index contributed by atoms with van der Waals surface area (Å²) in [5.41, 5.74) is 0.595. The van der Waals surface area contributed by atoms with Crippen molar-refractivity contribution in [3.8, 4) is 0 Å². The minimum atomic E-state index is -0.227. The molecular formula is C22H27FN4O3. The average Bonchev–Trinajstić information content (AvgIpc) is 3.20. The van der Waals surface area contributed by atoms with E-state index < -0.39 is 0 Å². The molecule has 2 aromatic rings. The Balaban J connectivity index is 1.23. The Hall–Kier alpha value is -2.87. The van der Waals surface area contributed by atoms with E-state index in [-0.39, 0.29) is 17.6 Å². The molecule has 2 saturated heterocycles. The molecule has 2 aliphatic rings. The Kier molecular flexibility index (Phi) is 6.03. The first kappa shape index (κ1) is 20.4. The van der Waals surface area contributed by atoms with E-state index in [4.69, 9.17) is 4.42 Å². The quantitative estimate of drug-likeness (QED) is 0.764. The van der Waals surface area contributed by atoms with Crippen LogP contribution < -0.4 is 4.90 Å². The average molecular weight is 414 g/mol. The van der Waals surface area contributed by atoms with Crippen molar-refractivity contribution < 1.29 is 18.4 Å². The molecule has 0 saturated carbocycles. The molecule has 0 radical (unpaired) electrons. The van der Waals surface area contributed by atoms with Crippen molar-refractivity contribution in [2.24, 2.45) is 0 Å². The fourth-order valence-electron chi connectivity index (χ4n) is 4.01. The normalized spacial score (nSPS) is 18.0. The lowest BCUT2D eigenvalue weighted by Gasteiger charge is -2.38. The molecule has 2 fully saturated rings. The van der Waals surface area contributed by atoms with Gasteiger partial charge in [-0.1, -0.05) is 12.1 Å². The van der Waals surface area contributed by atoms with Gasteiger partial charge < -0.3 is 19.1 Å². The molecule has 0 aliphatic carbocycles. The predicted molar refractivity (Wildman–Crippen MR) is 111 cm³/mol. The lowest BCUT2D eigenvalue weighted by Crippen LogP contribution is -2.54. The molecule has 0 bridgehead atoms. The minimum Gasteiger partial charge on any atom is -0.456 e. The number of furan rings is 1. The molecule has 1 aromatic heterocycles. The third kappa shape index (κ3) is 4.48. The van der Waals surface area contributed by atoms with Crippen molar-refractivity contribution in [2.45, 2.75) is 6.92 Å². The number of amides is 2. The molecule has 8 heteroatoms. The van der Waals surface area contributed by atoms with Crippen molar-refractivity contribution in [3.63, 3.8) is 0 Å². The summed E-state index contributed by atoms with van der Waals surface area (Å²) in [5, 5.41) is 0. The highest BCUT2D eigenvalue weighted by Gasteiger charge is 2.27. The molecule has 1 aromatic carbocycles. The summed E-state index contributed by atoms with van der Waals surface area (Å²) in [5.74, 6) is 0.847. The summed E-state index contributed by atoms with van der Waals surface area (Å²) in [6.45, 7) is 7.05. The van der Waals surface area contributed by atoms with Crippen LogP contribution in [0, 0.1) is 12.7 Å². The number of rotatable bonds is 4. The fourth-order valence-corrected chi connectivity index (χ4v) is 4.01. The van der Waals surface area contributed by atoms with E-state index in [1.54, 1.807) is 29.2 Å². The first-order chi connectivity index (χ1) is 14.5. The van der Waals surface area contributed by atoms with Gasteiger partial charge in [-0.15, -0.1) is 0 Å². The van der Waals surface area contributed by atoms with Gasteiger partial charge in [-0.05, 0) is 31.2 Å². The van der Waals surface area contributed by atoms with Crippen LogP contribution in [-0.4, -0.2) is 85.4 Å². The van der Waals surface area contributed by atoms with Crippen molar-refractivity contribution in [3.05, 3.63) is 53.7 Å². The molecule has 2 aliphatic heterocycles. The van der Waals surface area contributed by atoms with E-state index in [1.807, 2.05) is 22.8 Å². The number of para-hydroxylation sites is 1. The predicted octanol–water partition coefficient (Wildman–Crippen LogP) is 1.83. The van der Waals surface area contributed by atoms with Crippen LogP contribution in [0.2, 0.25) is 0 Å². The number of piperazine rings is 2. The summed E-state index contributed by atoms with van der Waals surface area (Å²) in [7, 11) is 0. The Morgan fingerprint density at radius 3 is 2.20 bits per heavy atom. The number of aryl methyl sites for hydroxylation is 1. The number of carbonyl (C=O) groups excluding carboxylic acids is 2. The van der Waals surface area contributed by atoms with Gasteiger partial charge in [0.15, 0.2) is 5.76 Å².